The van der Waals surface area contributed by atoms with E-state index in [1.807, 2.05) is 0 Å². The Kier molecular flexibility index (Phi) is 6.07. The fourth-order valence-electron chi connectivity index (χ4n) is 3.31. The lowest BCUT2D eigenvalue weighted by atomic mass is 9.97. The van der Waals surface area contributed by atoms with Crippen LogP contribution in [0.25, 0.3) is 0 Å². The van der Waals surface area contributed by atoms with Crippen LogP contribution in [0.5, 0.6) is 0 Å². The van der Waals surface area contributed by atoms with Gasteiger partial charge in [-0.05, 0) is 40.5 Å². The quantitative estimate of drug-likeness (QED) is 0.743. The van der Waals surface area contributed by atoms with E-state index in [0.29, 0.717) is 30.8 Å². The van der Waals surface area contributed by atoms with Crippen molar-refractivity contribution in [3.8, 4) is 0 Å². The van der Waals surface area contributed by atoms with Gasteiger partial charge in [0, 0.05) is 19.1 Å². The first-order valence-corrected chi connectivity index (χ1v) is 10.0. The molecular formula is C16H26N4O5S. The second kappa shape index (κ2) is 7.75. The molecule has 26 heavy (non-hydrogen) atoms. The number of nitrogens with zero attached hydrogens (tertiary/aromatic N) is 3. The Morgan fingerprint density at radius 1 is 1.38 bits per heavy atom. The molecule has 1 fully saturated rings. The van der Waals surface area contributed by atoms with Crippen LogP contribution in [0.1, 0.15) is 38.1 Å². The van der Waals surface area contributed by atoms with Crippen LogP contribution in [0.4, 0.5) is 0 Å². The minimum Gasteiger partial charge on any atom is -0.480 e. The number of aliphatic carboxylic acids is 1. The summed E-state index contributed by atoms with van der Waals surface area (Å²) in [6.45, 7) is 6.75. The number of rotatable bonds is 6. The van der Waals surface area contributed by atoms with Gasteiger partial charge in [0.1, 0.15) is 11.4 Å². The number of carboxylic acid groups (broad SMARTS) is 1. The number of aryl methyl sites for hydroxylation is 2. The van der Waals surface area contributed by atoms with Gasteiger partial charge in [0.25, 0.3) is 0 Å². The van der Waals surface area contributed by atoms with Crippen molar-refractivity contribution in [2.24, 2.45) is 5.92 Å². The molecule has 9 nitrogen and oxygen atoms in total. The highest BCUT2D eigenvalue weighted by Gasteiger charge is 2.37. The Labute approximate surface area is 153 Å². The zero-order valence-corrected chi connectivity index (χ0v) is 16.3. The van der Waals surface area contributed by atoms with Crippen LogP contribution in [-0.4, -0.2) is 70.5 Å². The normalized spacial score (nSPS) is 18.9. The van der Waals surface area contributed by atoms with Crippen molar-refractivity contribution in [3.63, 3.8) is 0 Å². The van der Waals surface area contributed by atoms with Crippen molar-refractivity contribution in [2.75, 3.05) is 19.6 Å². The van der Waals surface area contributed by atoms with Crippen molar-refractivity contribution in [1.82, 2.24) is 19.4 Å². The Hall–Kier alpha value is -1.94. The molecule has 1 aromatic rings. The first-order valence-electron chi connectivity index (χ1n) is 8.59. The minimum atomic E-state index is -3.76. The topological polar surface area (TPSA) is 124 Å². The Morgan fingerprint density at radius 2 is 2.04 bits per heavy atom. The van der Waals surface area contributed by atoms with Crippen molar-refractivity contribution in [2.45, 2.75) is 51.5 Å². The fourth-order valence-corrected chi connectivity index (χ4v) is 5.16. The predicted octanol–water partition coefficient (Wildman–Crippen LogP) is 0.749. The van der Waals surface area contributed by atoms with Crippen LogP contribution in [0.15, 0.2) is 4.90 Å². The van der Waals surface area contributed by atoms with E-state index in [2.05, 4.69) is 10.2 Å². The van der Waals surface area contributed by atoms with Gasteiger partial charge in [-0.2, -0.15) is 9.40 Å². The maximum Gasteiger partial charge on any atom is 0.323 e. The Balaban J connectivity index is 2.23. The second-order valence-corrected chi connectivity index (χ2v) is 8.79. The number of carboxylic acids is 1. The summed E-state index contributed by atoms with van der Waals surface area (Å²) in [4.78, 5) is 25.3. The number of amides is 1. The van der Waals surface area contributed by atoms with E-state index in [1.54, 1.807) is 27.7 Å². The van der Waals surface area contributed by atoms with Gasteiger partial charge < -0.3 is 10.0 Å². The standard InChI is InChI=1S/C16H26N4O5S/c1-10(2)20(9-14(21)22)16(23)13-6-5-7-19(8-13)26(24,25)15-11(3)17-18-12(15)4/h10,13H,5-9H2,1-4H3,(H,17,18)(H,21,22). The Morgan fingerprint density at radius 3 is 2.54 bits per heavy atom. The number of piperidine rings is 1. The number of nitrogens with one attached hydrogen (secondary N) is 1. The molecule has 0 radical (unpaired) electrons. The molecule has 0 spiro atoms. The van der Waals surface area contributed by atoms with E-state index in [9.17, 15) is 18.0 Å². The summed E-state index contributed by atoms with van der Waals surface area (Å²) in [5.41, 5.74) is 0.858. The van der Waals surface area contributed by atoms with Gasteiger partial charge in [0.05, 0.1) is 17.3 Å². The number of sulfonamides is 1. The third-order valence-electron chi connectivity index (χ3n) is 4.60. The number of aromatic nitrogens is 2. The smallest absolute Gasteiger partial charge is 0.323 e. The second-order valence-electron chi connectivity index (χ2n) is 6.92. The average Bonchev–Trinajstić information content (AvgIpc) is 2.91. The van der Waals surface area contributed by atoms with Gasteiger partial charge in [-0.1, -0.05) is 0 Å². The number of hydrogen-bond acceptors (Lipinski definition) is 5. The summed E-state index contributed by atoms with van der Waals surface area (Å²) in [7, 11) is -3.76. The van der Waals surface area contributed by atoms with Crippen LogP contribution < -0.4 is 0 Å². The van der Waals surface area contributed by atoms with Gasteiger partial charge in [-0.3, -0.25) is 14.7 Å². The number of H-pyrrole nitrogens is 1. The number of aromatic amines is 1. The van der Waals surface area contributed by atoms with E-state index in [4.69, 9.17) is 5.11 Å². The summed E-state index contributed by atoms with van der Waals surface area (Å²) in [6, 6.07) is -0.274. The van der Waals surface area contributed by atoms with Crippen LogP contribution >= 0.6 is 0 Å². The van der Waals surface area contributed by atoms with E-state index in [1.165, 1.54) is 9.21 Å². The molecule has 1 aromatic heterocycles. The summed E-state index contributed by atoms with van der Waals surface area (Å²) in [6.07, 6.45) is 1.08. The van der Waals surface area contributed by atoms with Gasteiger partial charge >= 0.3 is 5.97 Å². The van der Waals surface area contributed by atoms with Crippen LogP contribution in [0, 0.1) is 19.8 Å². The largest absolute Gasteiger partial charge is 0.480 e. The van der Waals surface area contributed by atoms with Gasteiger partial charge in [0.15, 0.2) is 0 Å². The molecule has 0 aromatic carbocycles. The van der Waals surface area contributed by atoms with Crippen molar-refractivity contribution >= 4 is 21.9 Å². The molecule has 2 rings (SSSR count). The molecular weight excluding hydrogens is 360 g/mol. The summed E-state index contributed by atoms with van der Waals surface area (Å²) < 4.78 is 27.3. The zero-order chi connectivity index (χ0) is 19.6. The molecule has 10 heteroatoms. The lowest BCUT2D eigenvalue weighted by Gasteiger charge is -2.35. The Bertz CT molecular complexity index is 767. The van der Waals surface area contributed by atoms with E-state index in [0.717, 1.165) is 0 Å². The summed E-state index contributed by atoms with van der Waals surface area (Å²) in [5.74, 6) is -1.95. The predicted molar refractivity (Wildman–Crippen MR) is 94.0 cm³/mol. The van der Waals surface area contributed by atoms with Crippen molar-refractivity contribution < 1.29 is 23.1 Å². The highest BCUT2D eigenvalue weighted by molar-refractivity contribution is 7.89. The SMILES string of the molecule is Cc1n[nH]c(C)c1S(=O)(=O)N1CCCC(C(=O)N(CC(=O)O)C(C)C)C1. The number of carbonyl (C=O) groups is 2. The van der Waals surface area contributed by atoms with E-state index < -0.39 is 21.9 Å². The first kappa shape index (κ1) is 20.4. The van der Waals surface area contributed by atoms with E-state index in [-0.39, 0.29) is 29.9 Å². The molecule has 1 amide bonds. The first-order chi connectivity index (χ1) is 12.1. The zero-order valence-electron chi connectivity index (χ0n) is 15.5. The third-order valence-corrected chi connectivity index (χ3v) is 6.73. The van der Waals surface area contributed by atoms with Gasteiger partial charge in [-0.25, -0.2) is 8.42 Å². The fraction of sp³-hybridized carbons (Fsp3) is 0.688. The molecule has 1 saturated heterocycles. The molecule has 0 aliphatic carbocycles. The van der Waals surface area contributed by atoms with Gasteiger partial charge in [-0.15, -0.1) is 0 Å². The molecule has 1 aliphatic heterocycles. The van der Waals surface area contributed by atoms with Gasteiger partial charge in [0.2, 0.25) is 15.9 Å². The third kappa shape index (κ3) is 4.07. The maximum absolute atomic E-state index is 13.0. The monoisotopic (exact) mass is 386 g/mol. The molecule has 2 heterocycles. The molecule has 146 valence electrons. The van der Waals surface area contributed by atoms with Crippen molar-refractivity contribution in [3.05, 3.63) is 11.4 Å². The number of hydrogen-bond donors (Lipinski definition) is 2. The number of carbonyl (C=O) groups excluding carboxylic acids is 1. The summed E-state index contributed by atoms with van der Waals surface area (Å²) >= 11 is 0. The van der Waals surface area contributed by atoms with E-state index >= 15 is 0 Å². The molecule has 2 N–H and O–H groups in total. The average molecular weight is 386 g/mol. The lowest BCUT2D eigenvalue weighted by Crippen LogP contribution is -2.49. The van der Waals surface area contributed by atoms with Crippen LogP contribution in [-0.2, 0) is 19.6 Å². The van der Waals surface area contributed by atoms with Crippen LogP contribution in [0.3, 0.4) is 0 Å². The van der Waals surface area contributed by atoms with Crippen molar-refractivity contribution in [1.29, 1.82) is 0 Å². The summed E-state index contributed by atoms with van der Waals surface area (Å²) in [5, 5.41) is 15.7. The maximum atomic E-state index is 13.0. The molecule has 1 aliphatic rings. The highest BCUT2D eigenvalue weighted by atomic mass is 32.2. The molecule has 0 saturated carbocycles. The molecule has 0 bridgehead atoms. The highest BCUT2D eigenvalue weighted by Crippen LogP contribution is 2.27. The molecule has 1 unspecified atom stereocenters. The molecule has 1 atom stereocenters. The van der Waals surface area contributed by atoms with Crippen LogP contribution in [0.2, 0.25) is 0 Å². The lowest BCUT2D eigenvalue weighted by molar-refractivity contribution is -0.148. The minimum absolute atomic E-state index is 0.0497.